The van der Waals surface area contributed by atoms with Gasteiger partial charge in [0.25, 0.3) is 11.8 Å². The van der Waals surface area contributed by atoms with Crippen molar-refractivity contribution in [2.24, 2.45) is 5.73 Å². The minimum atomic E-state index is -0.514. The molecule has 0 saturated heterocycles. The first-order chi connectivity index (χ1) is 11.3. The second-order valence-corrected chi connectivity index (χ2v) is 6.36. The number of nitrogens with one attached hydrogen (secondary N) is 2. The standard InChI is InChI=1S/C18H22N4O2/c1-12-5-4-6-14(17(24)21-11-18(2,3)19)15(12)22-16(23)13-7-9-20-10-8-13/h4-10H,11,19H2,1-3H3,(H,21,24)(H,22,23). The zero-order valence-corrected chi connectivity index (χ0v) is 14.1. The maximum Gasteiger partial charge on any atom is 0.255 e. The minimum Gasteiger partial charge on any atom is -0.350 e. The SMILES string of the molecule is Cc1cccc(C(=O)NCC(C)(C)N)c1NC(=O)c1ccncc1. The van der Waals surface area contributed by atoms with Crippen LogP contribution in [0.1, 0.15) is 40.1 Å². The lowest BCUT2D eigenvalue weighted by atomic mass is 10.0. The van der Waals surface area contributed by atoms with Crippen LogP contribution < -0.4 is 16.4 Å². The normalized spacial score (nSPS) is 11.0. The molecule has 0 saturated carbocycles. The summed E-state index contributed by atoms with van der Waals surface area (Å²) in [4.78, 5) is 28.7. The maximum absolute atomic E-state index is 12.5. The van der Waals surface area contributed by atoms with E-state index >= 15 is 0 Å². The summed E-state index contributed by atoms with van der Waals surface area (Å²) in [5.74, 6) is -0.567. The summed E-state index contributed by atoms with van der Waals surface area (Å²) in [5.41, 5.74) is 7.56. The van der Waals surface area contributed by atoms with Crippen molar-refractivity contribution in [1.82, 2.24) is 10.3 Å². The number of rotatable bonds is 5. The van der Waals surface area contributed by atoms with Gasteiger partial charge in [0.1, 0.15) is 0 Å². The molecule has 1 heterocycles. The molecule has 2 amide bonds. The van der Waals surface area contributed by atoms with Crippen LogP contribution in [-0.4, -0.2) is 28.9 Å². The van der Waals surface area contributed by atoms with E-state index in [0.717, 1.165) is 5.56 Å². The second kappa shape index (κ2) is 7.23. The molecule has 0 aliphatic carbocycles. The Morgan fingerprint density at radius 1 is 1.12 bits per heavy atom. The topological polar surface area (TPSA) is 97.1 Å². The molecule has 0 aliphatic heterocycles. The largest absolute Gasteiger partial charge is 0.350 e. The third-order valence-corrected chi connectivity index (χ3v) is 3.40. The highest BCUT2D eigenvalue weighted by molar-refractivity contribution is 6.09. The second-order valence-electron chi connectivity index (χ2n) is 6.36. The summed E-state index contributed by atoms with van der Waals surface area (Å²) in [5, 5.41) is 5.61. The third-order valence-electron chi connectivity index (χ3n) is 3.40. The number of hydrogen-bond donors (Lipinski definition) is 3. The Labute approximate surface area is 141 Å². The smallest absolute Gasteiger partial charge is 0.255 e. The number of hydrogen-bond acceptors (Lipinski definition) is 4. The third kappa shape index (κ3) is 4.63. The number of carbonyl (C=O) groups is 2. The summed E-state index contributed by atoms with van der Waals surface area (Å²) < 4.78 is 0. The highest BCUT2D eigenvalue weighted by Crippen LogP contribution is 2.21. The van der Waals surface area contributed by atoms with Gasteiger partial charge in [0.15, 0.2) is 0 Å². The Morgan fingerprint density at radius 3 is 2.42 bits per heavy atom. The van der Waals surface area contributed by atoms with Crippen LogP contribution in [0.25, 0.3) is 0 Å². The number of para-hydroxylation sites is 1. The van der Waals surface area contributed by atoms with Gasteiger partial charge in [-0.3, -0.25) is 14.6 Å². The van der Waals surface area contributed by atoms with Crippen LogP contribution in [0.3, 0.4) is 0 Å². The first-order valence-electron chi connectivity index (χ1n) is 7.66. The molecule has 24 heavy (non-hydrogen) atoms. The molecule has 0 spiro atoms. The van der Waals surface area contributed by atoms with Crippen molar-refractivity contribution in [2.75, 3.05) is 11.9 Å². The van der Waals surface area contributed by atoms with Gasteiger partial charge in [0.05, 0.1) is 11.3 Å². The molecule has 2 rings (SSSR count). The maximum atomic E-state index is 12.5. The van der Waals surface area contributed by atoms with Crippen LogP contribution in [0.2, 0.25) is 0 Å². The van der Waals surface area contributed by atoms with Crippen molar-refractivity contribution in [3.05, 3.63) is 59.4 Å². The highest BCUT2D eigenvalue weighted by Gasteiger charge is 2.18. The Bertz CT molecular complexity index is 736. The number of benzene rings is 1. The van der Waals surface area contributed by atoms with Crippen LogP contribution >= 0.6 is 0 Å². The van der Waals surface area contributed by atoms with Gasteiger partial charge < -0.3 is 16.4 Å². The molecule has 4 N–H and O–H groups in total. The van der Waals surface area contributed by atoms with Gasteiger partial charge in [-0.25, -0.2) is 0 Å². The Morgan fingerprint density at radius 2 is 1.79 bits per heavy atom. The van der Waals surface area contributed by atoms with E-state index in [-0.39, 0.29) is 11.8 Å². The summed E-state index contributed by atoms with van der Waals surface area (Å²) >= 11 is 0. The molecule has 0 fully saturated rings. The summed E-state index contributed by atoms with van der Waals surface area (Å²) in [7, 11) is 0. The van der Waals surface area contributed by atoms with Crippen molar-refractivity contribution in [3.8, 4) is 0 Å². The van der Waals surface area contributed by atoms with Crippen LogP contribution in [-0.2, 0) is 0 Å². The van der Waals surface area contributed by atoms with Gasteiger partial charge in [-0.2, -0.15) is 0 Å². The average Bonchev–Trinajstić information content (AvgIpc) is 2.54. The lowest BCUT2D eigenvalue weighted by Gasteiger charge is -2.20. The lowest BCUT2D eigenvalue weighted by Crippen LogP contribution is -2.45. The van der Waals surface area contributed by atoms with E-state index in [1.807, 2.05) is 26.8 Å². The fraction of sp³-hybridized carbons (Fsp3) is 0.278. The number of anilines is 1. The number of carbonyl (C=O) groups excluding carboxylic acids is 2. The molecule has 1 aromatic heterocycles. The van der Waals surface area contributed by atoms with E-state index in [9.17, 15) is 9.59 Å². The Kier molecular flexibility index (Phi) is 5.31. The van der Waals surface area contributed by atoms with Crippen LogP contribution in [0.15, 0.2) is 42.7 Å². The quantitative estimate of drug-likeness (QED) is 0.784. The van der Waals surface area contributed by atoms with Gasteiger partial charge in [-0.05, 0) is 44.5 Å². The van der Waals surface area contributed by atoms with Gasteiger partial charge in [-0.1, -0.05) is 12.1 Å². The van der Waals surface area contributed by atoms with Crippen molar-refractivity contribution in [3.63, 3.8) is 0 Å². The first-order valence-corrected chi connectivity index (χ1v) is 7.66. The van der Waals surface area contributed by atoms with E-state index in [4.69, 9.17) is 5.73 Å². The van der Waals surface area contributed by atoms with Crippen LogP contribution in [0.4, 0.5) is 5.69 Å². The van der Waals surface area contributed by atoms with Crippen molar-refractivity contribution >= 4 is 17.5 Å². The van der Waals surface area contributed by atoms with Crippen LogP contribution in [0, 0.1) is 6.92 Å². The van der Waals surface area contributed by atoms with E-state index < -0.39 is 5.54 Å². The number of aryl methyl sites for hydroxylation is 1. The average molecular weight is 326 g/mol. The monoisotopic (exact) mass is 326 g/mol. The molecule has 6 heteroatoms. The fourth-order valence-electron chi connectivity index (χ4n) is 2.12. The number of pyridine rings is 1. The minimum absolute atomic E-state index is 0.276. The summed E-state index contributed by atoms with van der Waals surface area (Å²) in [6, 6.07) is 8.52. The summed E-state index contributed by atoms with van der Waals surface area (Å²) in [6.07, 6.45) is 3.09. The molecule has 0 aliphatic rings. The van der Waals surface area contributed by atoms with E-state index in [1.165, 1.54) is 0 Å². The molecule has 0 atom stereocenters. The van der Waals surface area contributed by atoms with Crippen molar-refractivity contribution < 1.29 is 9.59 Å². The zero-order chi connectivity index (χ0) is 17.7. The number of nitrogens with two attached hydrogens (primary N) is 1. The van der Waals surface area contributed by atoms with Gasteiger partial charge >= 0.3 is 0 Å². The summed E-state index contributed by atoms with van der Waals surface area (Å²) in [6.45, 7) is 5.83. The van der Waals surface area contributed by atoms with Crippen molar-refractivity contribution in [1.29, 1.82) is 0 Å². The molecule has 6 nitrogen and oxygen atoms in total. The Balaban J connectivity index is 2.24. The van der Waals surface area contributed by atoms with E-state index in [0.29, 0.717) is 23.4 Å². The predicted octanol–water partition coefficient (Wildman–Crippen LogP) is 2.11. The molecule has 2 aromatic rings. The number of aromatic nitrogens is 1. The van der Waals surface area contributed by atoms with E-state index in [1.54, 1.807) is 36.7 Å². The predicted molar refractivity (Wildman–Crippen MR) is 94.0 cm³/mol. The highest BCUT2D eigenvalue weighted by atomic mass is 16.2. The number of amides is 2. The molecule has 1 aromatic carbocycles. The van der Waals surface area contributed by atoms with Gasteiger partial charge in [0.2, 0.25) is 0 Å². The van der Waals surface area contributed by atoms with Crippen molar-refractivity contribution in [2.45, 2.75) is 26.3 Å². The zero-order valence-electron chi connectivity index (χ0n) is 14.1. The van der Waals surface area contributed by atoms with Gasteiger partial charge in [-0.15, -0.1) is 0 Å². The first kappa shape index (κ1) is 17.6. The fourth-order valence-corrected chi connectivity index (χ4v) is 2.12. The van der Waals surface area contributed by atoms with E-state index in [2.05, 4.69) is 15.6 Å². The molecule has 126 valence electrons. The molecular formula is C18H22N4O2. The lowest BCUT2D eigenvalue weighted by molar-refractivity contribution is 0.0947. The molecule has 0 radical (unpaired) electrons. The molecule has 0 unspecified atom stereocenters. The van der Waals surface area contributed by atoms with Gasteiger partial charge in [0, 0.05) is 30.0 Å². The molecular weight excluding hydrogens is 304 g/mol. The molecule has 0 bridgehead atoms. The van der Waals surface area contributed by atoms with Crippen LogP contribution in [0.5, 0.6) is 0 Å². The number of nitrogens with zero attached hydrogens (tertiary/aromatic N) is 1. The Hall–Kier alpha value is -2.73.